The van der Waals surface area contributed by atoms with E-state index in [2.05, 4.69) is 16.5 Å². The van der Waals surface area contributed by atoms with Crippen molar-refractivity contribution < 1.29 is 9.32 Å². The van der Waals surface area contributed by atoms with E-state index in [9.17, 15) is 4.79 Å². The molecule has 1 aromatic heterocycles. The maximum Gasteiger partial charge on any atom is 0.290 e. The van der Waals surface area contributed by atoms with Crippen molar-refractivity contribution in [3.63, 3.8) is 0 Å². The zero-order valence-electron chi connectivity index (χ0n) is 15.1. The zero-order valence-corrected chi connectivity index (χ0v) is 15.1. The lowest BCUT2D eigenvalue weighted by molar-refractivity contribution is -0.0172. The van der Waals surface area contributed by atoms with E-state index >= 15 is 0 Å². The Morgan fingerprint density at radius 1 is 1.16 bits per heavy atom. The van der Waals surface area contributed by atoms with Gasteiger partial charge in [-0.25, -0.2) is 0 Å². The Kier molecular flexibility index (Phi) is 3.58. The maximum absolute atomic E-state index is 13.1. The van der Waals surface area contributed by atoms with Gasteiger partial charge in [-0.05, 0) is 94.5 Å². The minimum Gasteiger partial charge on any atom is -0.350 e. The normalized spacial score (nSPS) is 36.4. The Morgan fingerprint density at radius 2 is 1.84 bits per heavy atom. The molecule has 0 aromatic carbocycles. The Balaban J connectivity index is 1.41. The van der Waals surface area contributed by atoms with Crippen LogP contribution >= 0.6 is 0 Å². The summed E-state index contributed by atoms with van der Waals surface area (Å²) in [7, 11) is 0. The third-order valence-electron chi connectivity index (χ3n) is 7.10. The standard InChI is InChI=1S/C21H28N2O2/c1-13-18(17-5-3-2-4-6-17)19(25-23-13)20(24)22-21-10-14-7-15(11-21)9-16(8-14)12-21/h5,14-16H,2-4,6-12H2,1H3,(H,22,24). The van der Waals surface area contributed by atoms with Crippen LogP contribution in [0.1, 0.15) is 86.0 Å². The molecule has 4 heteroatoms. The van der Waals surface area contributed by atoms with Gasteiger partial charge in [-0.1, -0.05) is 11.2 Å². The van der Waals surface area contributed by atoms with Crippen LogP contribution in [0, 0.1) is 24.7 Å². The molecule has 4 bridgehead atoms. The summed E-state index contributed by atoms with van der Waals surface area (Å²) in [5.74, 6) is 2.88. The molecule has 0 unspecified atom stereocenters. The van der Waals surface area contributed by atoms with E-state index in [1.807, 2.05) is 6.92 Å². The van der Waals surface area contributed by atoms with Crippen molar-refractivity contribution in [1.29, 1.82) is 0 Å². The predicted octanol–water partition coefficient (Wildman–Crippen LogP) is 4.64. The van der Waals surface area contributed by atoms with Crippen LogP contribution in [0.3, 0.4) is 0 Å². The van der Waals surface area contributed by atoms with E-state index in [-0.39, 0.29) is 11.4 Å². The van der Waals surface area contributed by atoms with Gasteiger partial charge in [0.15, 0.2) is 0 Å². The number of rotatable bonds is 3. The highest BCUT2D eigenvalue weighted by Crippen LogP contribution is 2.55. The molecule has 0 spiro atoms. The van der Waals surface area contributed by atoms with Gasteiger partial charge in [-0.3, -0.25) is 4.79 Å². The lowest BCUT2D eigenvalue weighted by Gasteiger charge is -2.56. The van der Waals surface area contributed by atoms with Crippen LogP contribution in [-0.4, -0.2) is 16.6 Å². The molecule has 5 aliphatic rings. The topological polar surface area (TPSA) is 55.1 Å². The van der Waals surface area contributed by atoms with Crippen LogP contribution < -0.4 is 5.32 Å². The number of allylic oxidation sites excluding steroid dienone is 2. The summed E-state index contributed by atoms with van der Waals surface area (Å²) < 4.78 is 5.52. The Bertz CT molecular complexity index is 695. The zero-order chi connectivity index (χ0) is 17.0. The smallest absolute Gasteiger partial charge is 0.290 e. The highest BCUT2D eigenvalue weighted by molar-refractivity contribution is 5.97. The maximum atomic E-state index is 13.1. The molecule has 4 saturated carbocycles. The first-order valence-corrected chi connectivity index (χ1v) is 10.1. The first kappa shape index (κ1) is 15.7. The first-order valence-electron chi connectivity index (χ1n) is 10.1. The number of hydrogen-bond donors (Lipinski definition) is 1. The molecule has 0 atom stereocenters. The molecule has 6 rings (SSSR count). The van der Waals surface area contributed by atoms with Gasteiger partial charge >= 0.3 is 0 Å². The fraction of sp³-hybridized carbons (Fsp3) is 0.714. The Labute approximate surface area is 149 Å². The fourth-order valence-corrected chi connectivity index (χ4v) is 6.53. The van der Waals surface area contributed by atoms with Crippen molar-refractivity contribution in [3.8, 4) is 0 Å². The second-order valence-electron chi connectivity index (χ2n) is 9.10. The van der Waals surface area contributed by atoms with Gasteiger partial charge in [0.25, 0.3) is 5.91 Å². The minimum atomic E-state index is -0.0379. The number of amides is 1. The molecule has 0 saturated heterocycles. The van der Waals surface area contributed by atoms with Gasteiger partial charge < -0.3 is 9.84 Å². The van der Waals surface area contributed by atoms with Gasteiger partial charge in [-0.2, -0.15) is 0 Å². The highest BCUT2D eigenvalue weighted by atomic mass is 16.5. The molecular weight excluding hydrogens is 312 g/mol. The third-order valence-corrected chi connectivity index (χ3v) is 7.10. The molecule has 134 valence electrons. The van der Waals surface area contributed by atoms with Gasteiger partial charge in [0.05, 0.1) is 11.3 Å². The van der Waals surface area contributed by atoms with Crippen LogP contribution in [0.25, 0.3) is 5.57 Å². The molecule has 1 amide bonds. The number of nitrogens with zero attached hydrogens (tertiary/aromatic N) is 1. The van der Waals surface area contributed by atoms with Gasteiger partial charge in [-0.15, -0.1) is 0 Å². The minimum absolute atomic E-state index is 0.0186. The van der Waals surface area contributed by atoms with E-state index < -0.39 is 0 Å². The summed E-state index contributed by atoms with van der Waals surface area (Å²) in [6.07, 6.45) is 14.5. The fourth-order valence-electron chi connectivity index (χ4n) is 6.53. The second-order valence-corrected chi connectivity index (χ2v) is 9.10. The average Bonchev–Trinajstić information content (AvgIpc) is 2.96. The summed E-state index contributed by atoms with van der Waals surface area (Å²) in [4.78, 5) is 13.1. The van der Waals surface area contributed by atoms with Gasteiger partial charge in [0.2, 0.25) is 5.76 Å². The monoisotopic (exact) mass is 340 g/mol. The molecular formula is C21H28N2O2. The van der Waals surface area contributed by atoms with Crippen LogP contribution in [-0.2, 0) is 0 Å². The quantitative estimate of drug-likeness (QED) is 0.872. The number of hydrogen-bond acceptors (Lipinski definition) is 3. The molecule has 0 aliphatic heterocycles. The van der Waals surface area contributed by atoms with Crippen molar-refractivity contribution >= 4 is 11.5 Å². The number of aromatic nitrogens is 1. The molecule has 25 heavy (non-hydrogen) atoms. The number of aryl methyl sites for hydroxylation is 1. The Morgan fingerprint density at radius 3 is 2.44 bits per heavy atom. The van der Waals surface area contributed by atoms with Crippen molar-refractivity contribution in [1.82, 2.24) is 10.5 Å². The van der Waals surface area contributed by atoms with E-state index in [1.165, 1.54) is 37.7 Å². The van der Waals surface area contributed by atoms with E-state index in [1.54, 1.807) is 0 Å². The van der Waals surface area contributed by atoms with Crippen molar-refractivity contribution in [3.05, 3.63) is 23.1 Å². The summed E-state index contributed by atoms with van der Waals surface area (Å²) in [6, 6.07) is 0. The van der Waals surface area contributed by atoms with Crippen LogP contribution in [0.4, 0.5) is 0 Å². The second kappa shape index (κ2) is 5.72. The van der Waals surface area contributed by atoms with E-state index in [4.69, 9.17) is 4.52 Å². The number of nitrogens with one attached hydrogen (secondary N) is 1. The summed E-state index contributed by atoms with van der Waals surface area (Å²) in [5, 5.41) is 7.56. The average molecular weight is 340 g/mol. The van der Waals surface area contributed by atoms with E-state index in [0.717, 1.165) is 61.1 Å². The van der Waals surface area contributed by atoms with Gasteiger partial charge in [0.1, 0.15) is 0 Å². The Hall–Kier alpha value is -1.58. The molecule has 0 radical (unpaired) electrons. The van der Waals surface area contributed by atoms with Crippen LogP contribution in [0.15, 0.2) is 10.6 Å². The summed E-state index contributed by atoms with van der Waals surface area (Å²) in [5.41, 5.74) is 3.08. The van der Waals surface area contributed by atoms with Crippen LogP contribution in [0.5, 0.6) is 0 Å². The molecule has 5 aliphatic carbocycles. The molecule has 4 fully saturated rings. The lowest BCUT2D eigenvalue weighted by Crippen LogP contribution is -2.59. The molecule has 1 aromatic rings. The van der Waals surface area contributed by atoms with Gasteiger partial charge in [0, 0.05) is 5.54 Å². The summed E-state index contributed by atoms with van der Waals surface area (Å²) in [6.45, 7) is 1.95. The largest absolute Gasteiger partial charge is 0.350 e. The number of carbonyl (C=O) groups is 1. The number of carbonyl (C=O) groups excluding carboxylic acids is 1. The lowest BCUT2D eigenvalue weighted by atomic mass is 9.53. The predicted molar refractivity (Wildman–Crippen MR) is 96.1 cm³/mol. The van der Waals surface area contributed by atoms with Crippen molar-refractivity contribution in [2.24, 2.45) is 17.8 Å². The molecule has 4 nitrogen and oxygen atoms in total. The van der Waals surface area contributed by atoms with Crippen molar-refractivity contribution in [2.45, 2.75) is 76.7 Å². The SMILES string of the molecule is Cc1noc(C(=O)NC23CC4CC(CC(C4)C2)C3)c1C1=CCCCC1. The summed E-state index contributed by atoms with van der Waals surface area (Å²) >= 11 is 0. The molecule has 1 heterocycles. The van der Waals surface area contributed by atoms with Crippen molar-refractivity contribution in [2.75, 3.05) is 0 Å². The van der Waals surface area contributed by atoms with Crippen LogP contribution in [0.2, 0.25) is 0 Å². The van der Waals surface area contributed by atoms with E-state index in [0.29, 0.717) is 5.76 Å². The molecule has 1 N–H and O–H groups in total. The highest BCUT2D eigenvalue weighted by Gasteiger charge is 2.51. The third kappa shape index (κ3) is 2.65. The first-order chi connectivity index (χ1) is 12.1.